The molecule has 0 N–H and O–H groups in total. The van der Waals surface area contributed by atoms with E-state index in [4.69, 9.17) is 4.74 Å². The van der Waals surface area contributed by atoms with Gasteiger partial charge < -0.3 is 4.74 Å². The fraction of sp³-hybridized carbons (Fsp3) is 0.188. The predicted molar refractivity (Wildman–Crippen MR) is 79.6 cm³/mol. The fourth-order valence-corrected chi connectivity index (χ4v) is 2.30. The SMILES string of the molecule is COC(C(=O)c1ccccc1)c1ccc(CBr)cc1. The van der Waals surface area contributed by atoms with Crippen molar-refractivity contribution in [1.82, 2.24) is 0 Å². The fourth-order valence-electron chi connectivity index (χ4n) is 1.93. The zero-order chi connectivity index (χ0) is 13.7. The van der Waals surface area contributed by atoms with Crippen LogP contribution in [0.5, 0.6) is 0 Å². The van der Waals surface area contributed by atoms with Gasteiger partial charge in [0, 0.05) is 18.0 Å². The van der Waals surface area contributed by atoms with Gasteiger partial charge >= 0.3 is 0 Å². The van der Waals surface area contributed by atoms with Gasteiger partial charge in [-0.15, -0.1) is 0 Å². The molecule has 0 aliphatic heterocycles. The summed E-state index contributed by atoms with van der Waals surface area (Å²) in [6.45, 7) is 0. The molecule has 2 aromatic rings. The average molecular weight is 319 g/mol. The first-order valence-corrected chi connectivity index (χ1v) is 7.15. The largest absolute Gasteiger partial charge is 0.369 e. The molecule has 0 aromatic heterocycles. The molecule has 98 valence electrons. The first kappa shape index (κ1) is 14.0. The van der Waals surface area contributed by atoms with Gasteiger partial charge in [0.25, 0.3) is 0 Å². The molecule has 2 aromatic carbocycles. The zero-order valence-corrected chi connectivity index (χ0v) is 12.3. The minimum absolute atomic E-state index is 0.0188. The maximum absolute atomic E-state index is 12.4. The van der Waals surface area contributed by atoms with Crippen LogP contribution in [0.4, 0.5) is 0 Å². The van der Waals surface area contributed by atoms with Crippen LogP contribution < -0.4 is 0 Å². The number of methoxy groups -OCH3 is 1. The van der Waals surface area contributed by atoms with Gasteiger partial charge in [-0.05, 0) is 11.1 Å². The standard InChI is InChI=1S/C16H15BrO2/c1-19-16(14-9-7-12(11-17)8-10-14)15(18)13-5-3-2-4-6-13/h2-10,16H,11H2,1H3. The van der Waals surface area contributed by atoms with Crippen LogP contribution in [0.3, 0.4) is 0 Å². The van der Waals surface area contributed by atoms with Crippen molar-refractivity contribution in [3.05, 3.63) is 71.3 Å². The number of benzene rings is 2. The number of ketones is 1. The topological polar surface area (TPSA) is 26.3 Å². The molecule has 0 bridgehead atoms. The molecule has 0 aliphatic rings. The Morgan fingerprint density at radius 2 is 1.74 bits per heavy atom. The molecule has 0 aliphatic carbocycles. The molecule has 0 fully saturated rings. The van der Waals surface area contributed by atoms with Gasteiger partial charge in [0.15, 0.2) is 5.78 Å². The maximum Gasteiger partial charge on any atom is 0.196 e. The van der Waals surface area contributed by atoms with E-state index in [9.17, 15) is 4.79 Å². The number of hydrogen-bond acceptors (Lipinski definition) is 2. The van der Waals surface area contributed by atoms with Crippen LogP contribution in [0.2, 0.25) is 0 Å². The van der Waals surface area contributed by atoms with Crippen molar-refractivity contribution < 1.29 is 9.53 Å². The van der Waals surface area contributed by atoms with Gasteiger partial charge in [0.05, 0.1) is 0 Å². The van der Waals surface area contributed by atoms with Crippen molar-refractivity contribution >= 4 is 21.7 Å². The second kappa shape index (κ2) is 6.64. The smallest absolute Gasteiger partial charge is 0.196 e. The van der Waals surface area contributed by atoms with Gasteiger partial charge in [0.1, 0.15) is 6.10 Å². The normalized spacial score (nSPS) is 12.1. The van der Waals surface area contributed by atoms with Gasteiger partial charge in [-0.25, -0.2) is 0 Å². The summed E-state index contributed by atoms with van der Waals surface area (Å²) in [5.41, 5.74) is 2.71. The van der Waals surface area contributed by atoms with E-state index < -0.39 is 6.10 Å². The Kier molecular flexibility index (Phi) is 4.88. The van der Waals surface area contributed by atoms with Crippen LogP contribution >= 0.6 is 15.9 Å². The zero-order valence-electron chi connectivity index (χ0n) is 10.7. The summed E-state index contributed by atoms with van der Waals surface area (Å²) in [6.07, 6.45) is -0.549. The summed E-state index contributed by atoms with van der Waals surface area (Å²) in [4.78, 5) is 12.4. The number of alkyl halides is 1. The van der Waals surface area contributed by atoms with Crippen molar-refractivity contribution in [2.24, 2.45) is 0 Å². The van der Waals surface area contributed by atoms with Gasteiger partial charge in [-0.1, -0.05) is 70.5 Å². The van der Waals surface area contributed by atoms with E-state index in [1.54, 1.807) is 19.2 Å². The van der Waals surface area contributed by atoms with Gasteiger partial charge in [-0.2, -0.15) is 0 Å². The third-order valence-corrected chi connectivity index (χ3v) is 3.62. The van der Waals surface area contributed by atoms with Crippen LogP contribution in [-0.4, -0.2) is 12.9 Å². The number of rotatable bonds is 5. The molecular weight excluding hydrogens is 304 g/mol. The predicted octanol–water partition coefficient (Wildman–Crippen LogP) is 4.15. The van der Waals surface area contributed by atoms with E-state index in [0.29, 0.717) is 5.56 Å². The van der Waals surface area contributed by atoms with Gasteiger partial charge in [0.2, 0.25) is 0 Å². The molecular formula is C16H15BrO2. The number of carbonyl (C=O) groups excluding carboxylic acids is 1. The van der Waals surface area contributed by atoms with Crippen molar-refractivity contribution in [2.45, 2.75) is 11.4 Å². The number of carbonyl (C=O) groups is 1. The molecule has 0 radical (unpaired) electrons. The van der Waals surface area contributed by atoms with Crippen LogP contribution in [0.25, 0.3) is 0 Å². The average Bonchev–Trinajstić information content (AvgIpc) is 2.49. The van der Waals surface area contributed by atoms with Crippen molar-refractivity contribution in [2.75, 3.05) is 7.11 Å². The van der Waals surface area contributed by atoms with Crippen LogP contribution in [0.15, 0.2) is 54.6 Å². The van der Waals surface area contributed by atoms with Crippen LogP contribution in [-0.2, 0) is 10.1 Å². The molecule has 1 unspecified atom stereocenters. The summed E-state index contributed by atoms with van der Waals surface area (Å²) >= 11 is 3.40. The number of Topliss-reactive ketones (excluding diaryl/α,β-unsaturated/α-hetero) is 1. The molecule has 2 rings (SSSR count). The molecule has 0 heterocycles. The monoisotopic (exact) mass is 318 g/mol. The first-order valence-electron chi connectivity index (χ1n) is 6.03. The van der Waals surface area contributed by atoms with Crippen LogP contribution in [0, 0.1) is 0 Å². The van der Waals surface area contributed by atoms with Gasteiger partial charge in [-0.3, -0.25) is 4.79 Å². The highest BCUT2D eigenvalue weighted by Crippen LogP contribution is 2.22. The van der Waals surface area contributed by atoms with E-state index in [1.807, 2.05) is 42.5 Å². The molecule has 19 heavy (non-hydrogen) atoms. The van der Waals surface area contributed by atoms with E-state index in [1.165, 1.54) is 5.56 Å². The highest BCUT2D eigenvalue weighted by molar-refractivity contribution is 9.08. The molecule has 0 amide bonds. The summed E-state index contributed by atoms with van der Waals surface area (Å²) in [5.74, 6) is -0.0188. The summed E-state index contributed by atoms with van der Waals surface area (Å²) < 4.78 is 5.36. The summed E-state index contributed by atoms with van der Waals surface area (Å²) in [5, 5.41) is 0.803. The number of halogens is 1. The van der Waals surface area contributed by atoms with Crippen molar-refractivity contribution in [3.8, 4) is 0 Å². The Hall–Kier alpha value is -1.45. The molecule has 2 nitrogen and oxygen atoms in total. The molecule has 1 atom stereocenters. The molecule has 3 heteroatoms. The maximum atomic E-state index is 12.4. The van der Waals surface area contributed by atoms with E-state index in [-0.39, 0.29) is 5.78 Å². The third-order valence-electron chi connectivity index (χ3n) is 2.97. The Labute approximate surface area is 121 Å². The Balaban J connectivity index is 2.26. The lowest BCUT2D eigenvalue weighted by Crippen LogP contribution is -2.14. The quantitative estimate of drug-likeness (QED) is 0.611. The van der Waals surface area contributed by atoms with E-state index in [2.05, 4.69) is 15.9 Å². The van der Waals surface area contributed by atoms with Crippen molar-refractivity contribution in [1.29, 1.82) is 0 Å². The minimum Gasteiger partial charge on any atom is -0.369 e. The Morgan fingerprint density at radius 1 is 1.11 bits per heavy atom. The number of hydrogen-bond donors (Lipinski definition) is 0. The summed E-state index contributed by atoms with van der Waals surface area (Å²) in [6, 6.07) is 17.1. The lowest BCUT2D eigenvalue weighted by atomic mass is 9.99. The lowest BCUT2D eigenvalue weighted by Gasteiger charge is -2.15. The third kappa shape index (κ3) is 3.31. The van der Waals surface area contributed by atoms with Crippen LogP contribution in [0.1, 0.15) is 27.6 Å². The molecule has 0 saturated heterocycles. The second-order valence-electron chi connectivity index (χ2n) is 4.22. The highest BCUT2D eigenvalue weighted by atomic mass is 79.9. The van der Waals surface area contributed by atoms with E-state index in [0.717, 1.165) is 10.9 Å². The summed E-state index contributed by atoms with van der Waals surface area (Å²) in [7, 11) is 1.56. The Bertz CT molecular complexity index is 534. The minimum atomic E-state index is -0.549. The lowest BCUT2D eigenvalue weighted by molar-refractivity contribution is 0.0604. The number of ether oxygens (including phenoxy) is 1. The first-order chi connectivity index (χ1) is 9.26. The highest BCUT2D eigenvalue weighted by Gasteiger charge is 2.21. The van der Waals surface area contributed by atoms with Crippen molar-refractivity contribution in [3.63, 3.8) is 0 Å². The second-order valence-corrected chi connectivity index (χ2v) is 4.78. The molecule has 0 spiro atoms. The molecule has 0 saturated carbocycles. The van der Waals surface area contributed by atoms with E-state index >= 15 is 0 Å². The Morgan fingerprint density at radius 3 is 2.26 bits per heavy atom.